The topological polar surface area (TPSA) is 0 Å². The summed E-state index contributed by atoms with van der Waals surface area (Å²) in [7, 11) is 0. The number of hydrogen-bond acceptors (Lipinski definition) is 7. The van der Waals surface area contributed by atoms with Crippen LogP contribution in [0.5, 0.6) is 0 Å². The molecule has 0 aliphatic carbocycles. The van der Waals surface area contributed by atoms with Crippen LogP contribution in [-0.4, -0.2) is 67.0 Å². The molecule has 0 N–H and O–H groups in total. The van der Waals surface area contributed by atoms with Gasteiger partial charge in [-0.25, -0.2) is 0 Å². The first-order valence-corrected chi connectivity index (χ1v) is 13.2. The Hall–Kier alpha value is 2.45. The summed E-state index contributed by atoms with van der Waals surface area (Å²) in [6, 6.07) is 0. The molecule has 7 heteroatoms. The van der Waals surface area contributed by atoms with Crippen LogP contribution >= 0.6 is 84.1 Å². The number of rotatable bonds is 6. The van der Waals surface area contributed by atoms with Crippen molar-refractivity contribution < 1.29 is 0 Å². The summed E-state index contributed by atoms with van der Waals surface area (Å²) in [5.74, 6) is 10.0. The first-order valence-electron chi connectivity index (χ1n) is 6.57. The molecule has 2 aliphatic heterocycles. The Bertz CT molecular complexity index is 210. The van der Waals surface area contributed by atoms with Crippen molar-refractivity contribution in [1.82, 2.24) is 0 Å². The molecule has 0 amide bonds. The molecule has 2 rings (SSSR count). The van der Waals surface area contributed by atoms with Crippen molar-refractivity contribution in [3.05, 3.63) is 0 Å². The summed E-state index contributed by atoms with van der Waals surface area (Å²) in [6.45, 7) is 0. The molecule has 0 saturated carbocycles. The third kappa shape index (κ3) is 6.61. The van der Waals surface area contributed by atoms with Crippen molar-refractivity contribution in [1.29, 1.82) is 0 Å². The van der Waals surface area contributed by atoms with Crippen LogP contribution in [0.15, 0.2) is 0 Å². The van der Waals surface area contributed by atoms with E-state index in [1.165, 1.54) is 34.5 Å². The molecule has 0 nitrogen and oxygen atoms in total. The Morgan fingerprint density at radius 3 is 1.37 bits per heavy atom. The van der Waals surface area contributed by atoms with Crippen LogP contribution in [0.1, 0.15) is 0 Å². The normalized spacial score (nSPS) is 36.3. The van der Waals surface area contributed by atoms with Crippen LogP contribution < -0.4 is 0 Å². The second kappa shape index (κ2) is 10.3. The highest BCUT2D eigenvalue weighted by Gasteiger charge is 2.23. The average molecular weight is 391 g/mol. The van der Waals surface area contributed by atoms with Crippen LogP contribution in [0.25, 0.3) is 0 Å². The van der Waals surface area contributed by atoms with Crippen LogP contribution in [-0.2, 0) is 0 Å². The summed E-state index contributed by atoms with van der Waals surface area (Å²) >= 11 is 19.6. The van der Waals surface area contributed by atoms with Gasteiger partial charge in [-0.05, 0) is 0 Å². The third-order valence-corrected chi connectivity index (χ3v) is 12.6. The highest BCUT2D eigenvalue weighted by molar-refractivity contribution is 8.09. The maximum Gasteiger partial charge on any atom is 0.0229 e. The lowest BCUT2D eigenvalue weighted by Crippen LogP contribution is -2.26. The molecular formula is C12H22S7. The molecule has 112 valence electrons. The van der Waals surface area contributed by atoms with Gasteiger partial charge in [0.05, 0.1) is 0 Å². The lowest BCUT2D eigenvalue weighted by molar-refractivity contribution is 1.04. The fourth-order valence-electron chi connectivity index (χ4n) is 1.90. The van der Waals surface area contributed by atoms with Crippen molar-refractivity contribution in [2.75, 3.05) is 46.0 Å². The van der Waals surface area contributed by atoms with Gasteiger partial charge in [-0.1, -0.05) is 0 Å². The first-order chi connectivity index (χ1) is 9.31. The van der Waals surface area contributed by atoms with Gasteiger partial charge in [0.25, 0.3) is 0 Å². The summed E-state index contributed by atoms with van der Waals surface area (Å²) in [4.78, 5) is 0. The molecule has 0 aromatic carbocycles. The van der Waals surface area contributed by atoms with E-state index in [1.807, 2.05) is 0 Å². The molecule has 0 spiro atoms. The van der Waals surface area contributed by atoms with Gasteiger partial charge < -0.3 is 0 Å². The Labute approximate surface area is 150 Å². The Morgan fingerprint density at radius 1 is 0.684 bits per heavy atom. The van der Waals surface area contributed by atoms with E-state index in [0.717, 1.165) is 32.5 Å². The Balaban J connectivity index is 1.53. The van der Waals surface area contributed by atoms with Crippen molar-refractivity contribution >= 4 is 84.1 Å². The maximum atomic E-state index is 4.40. The van der Waals surface area contributed by atoms with Crippen LogP contribution in [0.4, 0.5) is 0 Å². The largest absolute Gasteiger partial charge is 0.178 e. The van der Waals surface area contributed by atoms with E-state index in [9.17, 15) is 0 Å². The highest BCUT2D eigenvalue weighted by atomic mass is 32.2. The molecule has 2 heterocycles. The minimum absolute atomic E-state index is 0.790. The van der Waals surface area contributed by atoms with E-state index < -0.39 is 0 Å². The lowest BCUT2D eigenvalue weighted by atomic mass is 10.5. The van der Waals surface area contributed by atoms with Crippen molar-refractivity contribution in [2.45, 2.75) is 21.0 Å². The summed E-state index contributed by atoms with van der Waals surface area (Å²) in [5, 5.41) is 3.33. The van der Waals surface area contributed by atoms with E-state index in [4.69, 9.17) is 0 Å². The van der Waals surface area contributed by atoms with Gasteiger partial charge in [0.15, 0.2) is 0 Å². The molecule has 19 heavy (non-hydrogen) atoms. The van der Waals surface area contributed by atoms with Gasteiger partial charge >= 0.3 is 0 Å². The molecule has 4 unspecified atom stereocenters. The first kappa shape index (κ1) is 17.8. The smallest absolute Gasteiger partial charge is 0.0229 e. The fourth-order valence-corrected chi connectivity index (χ4v) is 10.8. The van der Waals surface area contributed by atoms with Crippen molar-refractivity contribution in [3.8, 4) is 0 Å². The predicted molar refractivity (Wildman–Crippen MR) is 110 cm³/mol. The molecule has 0 bridgehead atoms. The quantitative estimate of drug-likeness (QED) is 0.656. The van der Waals surface area contributed by atoms with Crippen LogP contribution in [0, 0.1) is 0 Å². The highest BCUT2D eigenvalue weighted by Crippen LogP contribution is 2.35. The summed E-state index contributed by atoms with van der Waals surface area (Å²) < 4.78 is 0. The standard InChI is InChI=1S/C12H22S7/c13-1-9-5-18-11(7-16-9)3-15-4-12-8-17-10(2-14)6-19-12/h9-14H,1-8H2. The molecule has 2 saturated heterocycles. The zero-order valence-corrected chi connectivity index (χ0v) is 16.8. The summed E-state index contributed by atoms with van der Waals surface area (Å²) in [6.07, 6.45) is 0. The maximum absolute atomic E-state index is 4.40. The predicted octanol–water partition coefficient (Wildman–Crippen LogP) is 4.01. The van der Waals surface area contributed by atoms with Gasteiger partial charge in [0.1, 0.15) is 0 Å². The van der Waals surface area contributed by atoms with Gasteiger partial charge in [-0.15, -0.1) is 0 Å². The van der Waals surface area contributed by atoms with Crippen LogP contribution in [0.3, 0.4) is 0 Å². The minimum atomic E-state index is 0.790. The zero-order valence-electron chi connectivity index (χ0n) is 10.9. The van der Waals surface area contributed by atoms with Gasteiger partial charge in [-0.3, -0.25) is 0 Å². The van der Waals surface area contributed by atoms with Crippen LogP contribution in [0.2, 0.25) is 0 Å². The summed E-state index contributed by atoms with van der Waals surface area (Å²) in [5.41, 5.74) is 0. The molecule has 0 aromatic heterocycles. The monoisotopic (exact) mass is 390 g/mol. The average Bonchev–Trinajstić information content (AvgIpc) is 2.49. The lowest BCUT2D eigenvalue weighted by Gasteiger charge is -2.28. The number of thioether (sulfide) groups is 5. The number of hydrogen-bond donors (Lipinski definition) is 2. The Morgan fingerprint density at radius 2 is 1.05 bits per heavy atom. The van der Waals surface area contributed by atoms with Gasteiger partial charge in [0.2, 0.25) is 0 Å². The van der Waals surface area contributed by atoms with Crippen molar-refractivity contribution in [3.63, 3.8) is 0 Å². The van der Waals surface area contributed by atoms with E-state index >= 15 is 0 Å². The molecule has 4 atom stereocenters. The molecule has 0 aromatic rings. The van der Waals surface area contributed by atoms with E-state index in [0.29, 0.717) is 0 Å². The Kier molecular flexibility index (Phi) is 9.62. The van der Waals surface area contributed by atoms with Crippen molar-refractivity contribution in [2.24, 2.45) is 0 Å². The zero-order chi connectivity index (χ0) is 13.5. The minimum Gasteiger partial charge on any atom is -0.178 e. The van der Waals surface area contributed by atoms with Gasteiger partial charge in [0, 0.05) is 67.0 Å². The molecule has 0 radical (unpaired) electrons. The van der Waals surface area contributed by atoms with E-state index in [-0.39, 0.29) is 0 Å². The second-order valence-electron chi connectivity index (χ2n) is 4.72. The third-order valence-electron chi connectivity index (χ3n) is 3.09. The molecule has 2 aliphatic rings. The SMILES string of the molecule is SCC1CSC(CSCC2CSC(CS)CS2)CS1. The fraction of sp³-hybridized carbons (Fsp3) is 1.00. The van der Waals surface area contributed by atoms with E-state index in [1.54, 1.807) is 0 Å². The second-order valence-corrected chi connectivity index (χ2v) is 11.9. The van der Waals surface area contributed by atoms with E-state index in [2.05, 4.69) is 84.1 Å². The molecule has 2 fully saturated rings. The van der Waals surface area contributed by atoms with Gasteiger partial charge in [-0.2, -0.15) is 84.1 Å². The number of thiol groups is 2. The molecular weight excluding hydrogens is 369 g/mol.